The van der Waals surface area contributed by atoms with E-state index in [1.54, 1.807) is 14.0 Å². The molecule has 0 aliphatic heterocycles. The van der Waals surface area contributed by atoms with E-state index in [4.69, 9.17) is 15.2 Å². The molecule has 1 unspecified atom stereocenters. The maximum atomic E-state index is 8.25. The molecular weight excluding hydrogens is 112 g/mol. The highest BCUT2D eigenvalue weighted by Crippen LogP contribution is 1.59. The Balaban J connectivity index is 0. The van der Waals surface area contributed by atoms with Gasteiger partial charge in [-0.1, -0.05) is 0 Å². The van der Waals surface area contributed by atoms with E-state index >= 15 is 0 Å². The van der Waals surface area contributed by atoms with Crippen molar-refractivity contribution in [1.82, 2.24) is 5.32 Å². The number of aliphatic hydroxyl groups is 1. The third kappa shape index (κ3) is 57.0. The molecule has 0 spiro atoms. The summed E-state index contributed by atoms with van der Waals surface area (Å²) in [4.78, 5) is 8.11. The van der Waals surface area contributed by atoms with Crippen LogP contribution in [0.25, 0.3) is 0 Å². The van der Waals surface area contributed by atoms with Crippen LogP contribution in [0.5, 0.6) is 0 Å². The van der Waals surface area contributed by atoms with Crippen LogP contribution in [-0.4, -0.2) is 23.6 Å². The van der Waals surface area contributed by atoms with Crippen LogP contribution in [0.3, 0.4) is 0 Å². The van der Waals surface area contributed by atoms with Crippen molar-refractivity contribution in [3.63, 3.8) is 0 Å². The fraction of sp³-hybridized carbons (Fsp3) is 1.00. The Hall–Kier alpha value is -0.680. The maximum Gasteiger partial charge on any atom is 0.152 e. The topological polar surface area (TPSA) is 81.9 Å². The molecular formula is C3H10N2O3. The lowest BCUT2D eigenvalue weighted by Crippen LogP contribution is -2.19. The van der Waals surface area contributed by atoms with Crippen molar-refractivity contribution in [2.75, 3.05) is 7.05 Å². The molecule has 8 heavy (non-hydrogen) atoms. The van der Waals surface area contributed by atoms with Crippen LogP contribution in [0, 0.1) is 4.91 Å². The van der Waals surface area contributed by atoms with Gasteiger partial charge in [0.05, 0.1) is 0 Å². The first-order chi connectivity index (χ1) is 3.68. The van der Waals surface area contributed by atoms with Crippen molar-refractivity contribution in [1.29, 1.82) is 0 Å². The quantitative estimate of drug-likeness (QED) is 0.253. The molecule has 5 heteroatoms. The molecule has 0 amide bonds. The van der Waals surface area contributed by atoms with Crippen molar-refractivity contribution in [2.24, 2.45) is 5.34 Å². The minimum atomic E-state index is -0.366. The lowest BCUT2D eigenvalue weighted by atomic mass is 10.7. The molecule has 0 fully saturated rings. The highest BCUT2D eigenvalue weighted by molar-refractivity contribution is 4.28. The summed E-state index contributed by atoms with van der Waals surface area (Å²) in [5.41, 5.74) is 0. The van der Waals surface area contributed by atoms with E-state index in [1.165, 1.54) is 5.34 Å². The average Bonchev–Trinajstić information content (AvgIpc) is 1.69. The van der Waals surface area contributed by atoms with Crippen molar-refractivity contribution >= 4 is 0 Å². The Kier molecular flexibility index (Phi) is 12.4. The van der Waals surface area contributed by atoms with Crippen molar-refractivity contribution in [3.8, 4) is 0 Å². The second kappa shape index (κ2) is 9.58. The van der Waals surface area contributed by atoms with Gasteiger partial charge in [0.25, 0.3) is 0 Å². The van der Waals surface area contributed by atoms with E-state index in [9.17, 15) is 0 Å². The van der Waals surface area contributed by atoms with Crippen molar-refractivity contribution < 1.29 is 10.3 Å². The van der Waals surface area contributed by atoms with Crippen molar-refractivity contribution in [3.05, 3.63) is 4.91 Å². The minimum Gasteiger partial charge on any atom is -0.379 e. The fourth-order valence-electron chi connectivity index (χ4n) is 0. The Morgan fingerprint density at radius 3 is 1.88 bits per heavy atom. The van der Waals surface area contributed by atoms with Gasteiger partial charge in [-0.05, 0) is 14.0 Å². The van der Waals surface area contributed by atoms with Crippen LogP contribution in [0.1, 0.15) is 6.92 Å². The van der Waals surface area contributed by atoms with Gasteiger partial charge in [-0.2, -0.15) is 0 Å². The lowest BCUT2D eigenvalue weighted by molar-refractivity contribution is 0.167. The highest BCUT2D eigenvalue weighted by atomic mass is 16.6. The zero-order valence-corrected chi connectivity index (χ0v) is 4.83. The first kappa shape index (κ1) is 10.3. The lowest BCUT2D eigenvalue weighted by Gasteiger charge is -1.94. The molecule has 0 aromatic carbocycles. The third-order valence-electron chi connectivity index (χ3n) is 0.418. The van der Waals surface area contributed by atoms with Crippen LogP contribution >= 0.6 is 0 Å². The van der Waals surface area contributed by atoms with Gasteiger partial charge in [-0.3, -0.25) is 5.32 Å². The molecule has 50 valence electrons. The molecule has 0 bridgehead atoms. The van der Waals surface area contributed by atoms with E-state index in [1.807, 2.05) is 0 Å². The number of nitrogens with one attached hydrogen (secondary N) is 1. The first-order valence-electron chi connectivity index (χ1n) is 2.01. The van der Waals surface area contributed by atoms with E-state index in [0.29, 0.717) is 0 Å². The second-order valence-corrected chi connectivity index (χ2v) is 1.05. The summed E-state index contributed by atoms with van der Waals surface area (Å²) in [6.45, 7) is 1.67. The summed E-state index contributed by atoms with van der Waals surface area (Å²) in [6, 6.07) is 0. The van der Waals surface area contributed by atoms with Gasteiger partial charge in [0.15, 0.2) is 5.34 Å². The van der Waals surface area contributed by atoms with Crippen molar-refractivity contribution in [2.45, 2.75) is 13.2 Å². The zero-order valence-electron chi connectivity index (χ0n) is 4.83. The summed E-state index contributed by atoms with van der Waals surface area (Å²) in [5, 5.41) is 18.7. The number of hydrogen-bond donors (Lipinski definition) is 3. The van der Waals surface area contributed by atoms with E-state index in [-0.39, 0.29) is 6.23 Å². The van der Waals surface area contributed by atoms with E-state index in [0.717, 1.165) is 0 Å². The summed E-state index contributed by atoms with van der Waals surface area (Å²) in [6.07, 6.45) is -0.366. The van der Waals surface area contributed by atoms with Crippen LogP contribution < -0.4 is 5.32 Å². The molecule has 0 aromatic heterocycles. The molecule has 0 rings (SSSR count). The summed E-state index contributed by atoms with van der Waals surface area (Å²) in [7, 11) is 1.70. The second-order valence-electron chi connectivity index (χ2n) is 1.05. The van der Waals surface area contributed by atoms with Gasteiger partial charge in [0.2, 0.25) is 0 Å². The predicted molar refractivity (Wildman–Crippen MR) is 28.3 cm³/mol. The van der Waals surface area contributed by atoms with Crippen LogP contribution in [0.2, 0.25) is 0 Å². The normalized spacial score (nSPS) is 10.9. The zero-order chi connectivity index (χ0) is 6.99. The molecule has 1 atom stereocenters. The Bertz CT molecular complexity index is 47.8. The number of nitrogens with zero attached hydrogens (tertiary/aromatic N) is 1. The molecule has 3 N–H and O–H groups in total. The molecule has 0 radical (unpaired) electrons. The van der Waals surface area contributed by atoms with Gasteiger partial charge in [0, 0.05) is 0 Å². The smallest absolute Gasteiger partial charge is 0.152 e. The first-order valence-corrected chi connectivity index (χ1v) is 2.01. The van der Waals surface area contributed by atoms with Gasteiger partial charge in [-0.25, -0.2) is 0 Å². The molecule has 0 saturated carbocycles. The van der Waals surface area contributed by atoms with Crippen LogP contribution in [-0.2, 0) is 0 Å². The van der Waals surface area contributed by atoms with Gasteiger partial charge in [0.1, 0.15) is 6.23 Å². The highest BCUT2D eigenvalue weighted by Gasteiger charge is 1.78. The number of aliphatic hydroxyl groups excluding tert-OH is 1. The molecule has 0 aliphatic rings. The Morgan fingerprint density at radius 1 is 1.75 bits per heavy atom. The van der Waals surface area contributed by atoms with E-state index in [2.05, 4.69) is 5.32 Å². The fourth-order valence-corrected chi connectivity index (χ4v) is 0. The SMILES string of the molecule is CNC(C)O.O=NO. The van der Waals surface area contributed by atoms with Gasteiger partial charge >= 0.3 is 0 Å². The van der Waals surface area contributed by atoms with Crippen LogP contribution in [0.4, 0.5) is 0 Å². The molecule has 0 saturated heterocycles. The summed E-state index contributed by atoms with van der Waals surface area (Å²) in [5.74, 6) is 0. The maximum absolute atomic E-state index is 8.25. The average molecular weight is 122 g/mol. The predicted octanol–water partition coefficient (Wildman–Crippen LogP) is -0.314. The van der Waals surface area contributed by atoms with E-state index < -0.39 is 0 Å². The standard InChI is InChI=1S/C3H9NO.HNO2/c1-3(5)4-2;2-1-3/h3-5H,1-2H3;(H,2,3). The Morgan fingerprint density at radius 2 is 1.88 bits per heavy atom. The third-order valence-corrected chi connectivity index (χ3v) is 0.418. The summed E-state index contributed by atoms with van der Waals surface area (Å²) >= 11 is 0. The minimum absolute atomic E-state index is 0.366. The number of hydrogen-bond acceptors (Lipinski definition) is 4. The largest absolute Gasteiger partial charge is 0.379 e. The molecule has 0 aliphatic carbocycles. The monoisotopic (exact) mass is 122 g/mol. The van der Waals surface area contributed by atoms with Gasteiger partial charge < -0.3 is 10.3 Å². The molecule has 5 nitrogen and oxygen atoms in total. The molecule has 0 heterocycles. The summed E-state index contributed by atoms with van der Waals surface area (Å²) < 4.78 is 0. The van der Waals surface area contributed by atoms with Gasteiger partial charge in [-0.15, -0.1) is 4.91 Å². The van der Waals surface area contributed by atoms with Crippen LogP contribution in [0.15, 0.2) is 5.34 Å². The molecule has 0 aromatic rings. The Labute approximate surface area is 47.3 Å². The number of rotatable bonds is 1.